The molecule has 4 rings (SSSR count). The second-order valence-electron chi connectivity index (χ2n) is 8.40. The zero-order chi connectivity index (χ0) is 22.5. The van der Waals surface area contributed by atoms with E-state index < -0.39 is 0 Å². The minimum absolute atomic E-state index is 0.0106. The molecule has 9 nitrogen and oxygen atoms in total. The fourth-order valence-corrected chi connectivity index (χ4v) is 3.83. The van der Waals surface area contributed by atoms with E-state index in [0.29, 0.717) is 24.5 Å². The molecule has 0 radical (unpaired) electrons. The van der Waals surface area contributed by atoms with Crippen LogP contribution in [0.2, 0.25) is 0 Å². The van der Waals surface area contributed by atoms with Crippen LogP contribution in [0.3, 0.4) is 0 Å². The van der Waals surface area contributed by atoms with Gasteiger partial charge in [-0.05, 0) is 30.5 Å². The number of piperazine rings is 1. The van der Waals surface area contributed by atoms with Gasteiger partial charge in [-0.2, -0.15) is 19.6 Å². The van der Waals surface area contributed by atoms with Crippen molar-refractivity contribution in [3.8, 4) is 11.8 Å². The maximum absolute atomic E-state index is 6.00. The van der Waals surface area contributed by atoms with Crippen LogP contribution in [0.5, 0.6) is 11.8 Å². The van der Waals surface area contributed by atoms with Crippen molar-refractivity contribution in [1.82, 2.24) is 29.8 Å². The van der Waals surface area contributed by atoms with Crippen LogP contribution in [-0.2, 0) is 0 Å². The first-order valence-electron chi connectivity index (χ1n) is 11.3. The SMILES string of the molecule is COc1cccc(C(C)Nc2nc(OCCN3CCNCC3)nc3c(C(C)C)cnn23)c1. The molecule has 0 saturated carbocycles. The van der Waals surface area contributed by atoms with E-state index in [0.717, 1.165) is 55.2 Å². The van der Waals surface area contributed by atoms with Crippen LogP contribution in [0.4, 0.5) is 5.95 Å². The third-order valence-electron chi connectivity index (χ3n) is 5.78. The minimum atomic E-state index is -0.0106. The van der Waals surface area contributed by atoms with Gasteiger partial charge in [0, 0.05) is 38.3 Å². The molecule has 1 saturated heterocycles. The van der Waals surface area contributed by atoms with Gasteiger partial charge in [0.15, 0.2) is 5.65 Å². The Bertz CT molecular complexity index is 1030. The van der Waals surface area contributed by atoms with E-state index in [1.54, 1.807) is 11.6 Å². The quantitative estimate of drug-likeness (QED) is 0.526. The van der Waals surface area contributed by atoms with Crippen molar-refractivity contribution in [2.75, 3.05) is 51.8 Å². The molecule has 1 aromatic carbocycles. The third-order valence-corrected chi connectivity index (χ3v) is 5.78. The smallest absolute Gasteiger partial charge is 0.321 e. The topological polar surface area (TPSA) is 88.8 Å². The van der Waals surface area contributed by atoms with Crippen LogP contribution in [0, 0.1) is 0 Å². The Hall–Kier alpha value is -2.91. The zero-order valence-corrected chi connectivity index (χ0v) is 19.3. The average molecular weight is 440 g/mol. The van der Waals surface area contributed by atoms with Gasteiger partial charge in [-0.15, -0.1) is 0 Å². The summed E-state index contributed by atoms with van der Waals surface area (Å²) in [5.74, 6) is 1.72. The summed E-state index contributed by atoms with van der Waals surface area (Å²) >= 11 is 0. The Labute approximate surface area is 189 Å². The number of benzene rings is 1. The van der Waals surface area contributed by atoms with Gasteiger partial charge in [0.2, 0.25) is 5.95 Å². The monoisotopic (exact) mass is 439 g/mol. The van der Waals surface area contributed by atoms with E-state index in [2.05, 4.69) is 57.4 Å². The van der Waals surface area contributed by atoms with Crippen LogP contribution in [0.25, 0.3) is 5.65 Å². The second-order valence-corrected chi connectivity index (χ2v) is 8.40. The Balaban J connectivity index is 1.56. The molecular weight excluding hydrogens is 406 g/mol. The van der Waals surface area contributed by atoms with Crippen molar-refractivity contribution < 1.29 is 9.47 Å². The highest BCUT2D eigenvalue weighted by Crippen LogP contribution is 2.26. The van der Waals surface area contributed by atoms with Gasteiger partial charge in [0.05, 0.1) is 19.3 Å². The lowest BCUT2D eigenvalue weighted by Gasteiger charge is -2.26. The molecular formula is C23H33N7O2. The van der Waals surface area contributed by atoms with Crippen molar-refractivity contribution in [3.05, 3.63) is 41.6 Å². The minimum Gasteiger partial charge on any atom is -0.497 e. The average Bonchev–Trinajstić information content (AvgIpc) is 3.24. The Morgan fingerprint density at radius 2 is 1.97 bits per heavy atom. The normalized spacial score (nSPS) is 15.8. The summed E-state index contributed by atoms with van der Waals surface area (Å²) in [5, 5.41) is 11.4. The molecule has 1 aliphatic rings. The van der Waals surface area contributed by atoms with Gasteiger partial charge in [-0.1, -0.05) is 26.0 Å². The van der Waals surface area contributed by atoms with E-state index in [-0.39, 0.29) is 6.04 Å². The number of aromatic nitrogens is 4. The first kappa shape index (κ1) is 22.3. The maximum Gasteiger partial charge on any atom is 0.321 e. The number of hydrogen-bond donors (Lipinski definition) is 2. The summed E-state index contributed by atoms with van der Waals surface area (Å²) in [5.41, 5.74) is 2.93. The first-order chi connectivity index (χ1) is 15.5. The van der Waals surface area contributed by atoms with Gasteiger partial charge < -0.3 is 20.1 Å². The molecule has 2 N–H and O–H groups in total. The van der Waals surface area contributed by atoms with Gasteiger partial charge in [0.25, 0.3) is 0 Å². The fourth-order valence-electron chi connectivity index (χ4n) is 3.83. The highest BCUT2D eigenvalue weighted by atomic mass is 16.5. The Morgan fingerprint density at radius 3 is 2.72 bits per heavy atom. The summed E-state index contributed by atoms with van der Waals surface area (Å²) in [7, 11) is 1.67. The number of hydrogen-bond acceptors (Lipinski definition) is 8. The standard InChI is InChI=1S/C23H33N7O2/c1-16(2)20-15-25-30-21(20)27-23(32-13-12-29-10-8-24-9-11-29)28-22(30)26-17(3)18-6-5-7-19(14-18)31-4/h5-7,14-17,24H,8-13H2,1-4H3,(H,26,27,28). The lowest BCUT2D eigenvalue weighted by Crippen LogP contribution is -2.44. The molecule has 0 spiro atoms. The molecule has 2 aromatic heterocycles. The number of anilines is 1. The van der Waals surface area contributed by atoms with E-state index in [4.69, 9.17) is 9.47 Å². The number of methoxy groups -OCH3 is 1. The number of rotatable bonds is 9. The number of ether oxygens (including phenoxy) is 2. The molecule has 0 amide bonds. The second kappa shape index (κ2) is 10.1. The summed E-state index contributed by atoms with van der Waals surface area (Å²) in [6.45, 7) is 11.9. The largest absolute Gasteiger partial charge is 0.497 e. The molecule has 3 heterocycles. The van der Waals surface area contributed by atoms with Crippen LogP contribution in [-0.4, -0.2) is 70.9 Å². The Morgan fingerprint density at radius 1 is 1.16 bits per heavy atom. The molecule has 32 heavy (non-hydrogen) atoms. The first-order valence-corrected chi connectivity index (χ1v) is 11.3. The molecule has 1 fully saturated rings. The lowest BCUT2D eigenvalue weighted by molar-refractivity contribution is 0.184. The summed E-state index contributed by atoms with van der Waals surface area (Å²) in [6, 6.07) is 8.36. The van der Waals surface area contributed by atoms with Gasteiger partial charge in [-0.3, -0.25) is 4.90 Å². The van der Waals surface area contributed by atoms with Crippen LogP contribution in [0.1, 0.15) is 43.9 Å². The molecule has 3 aromatic rings. The van der Waals surface area contributed by atoms with Crippen LogP contribution >= 0.6 is 0 Å². The molecule has 1 unspecified atom stereocenters. The lowest BCUT2D eigenvalue weighted by atomic mass is 10.1. The summed E-state index contributed by atoms with van der Waals surface area (Å²) in [6.07, 6.45) is 1.86. The molecule has 9 heteroatoms. The highest BCUT2D eigenvalue weighted by Gasteiger charge is 2.18. The zero-order valence-electron chi connectivity index (χ0n) is 19.3. The molecule has 0 aliphatic carbocycles. The predicted molar refractivity (Wildman–Crippen MR) is 125 cm³/mol. The van der Waals surface area contributed by atoms with Crippen molar-refractivity contribution >= 4 is 11.6 Å². The van der Waals surface area contributed by atoms with Crippen LogP contribution in [0.15, 0.2) is 30.5 Å². The van der Waals surface area contributed by atoms with Gasteiger partial charge in [-0.25, -0.2) is 0 Å². The Kier molecular flexibility index (Phi) is 7.06. The molecule has 0 bridgehead atoms. The van der Waals surface area contributed by atoms with E-state index in [1.165, 1.54) is 0 Å². The fraction of sp³-hybridized carbons (Fsp3) is 0.522. The number of nitrogens with one attached hydrogen (secondary N) is 2. The highest BCUT2D eigenvalue weighted by molar-refractivity contribution is 5.53. The van der Waals surface area contributed by atoms with Gasteiger partial charge in [0.1, 0.15) is 12.4 Å². The molecule has 1 atom stereocenters. The summed E-state index contributed by atoms with van der Waals surface area (Å²) in [4.78, 5) is 11.7. The number of nitrogens with zero attached hydrogens (tertiary/aromatic N) is 5. The van der Waals surface area contributed by atoms with E-state index in [9.17, 15) is 0 Å². The number of fused-ring (bicyclic) bond motifs is 1. The van der Waals surface area contributed by atoms with Crippen molar-refractivity contribution in [2.45, 2.75) is 32.7 Å². The van der Waals surface area contributed by atoms with Gasteiger partial charge >= 0.3 is 6.01 Å². The predicted octanol–water partition coefficient (Wildman–Crippen LogP) is 2.71. The maximum atomic E-state index is 6.00. The van der Waals surface area contributed by atoms with Crippen LogP contribution < -0.4 is 20.1 Å². The van der Waals surface area contributed by atoms with Crippen molar-refractivity contribution in [2.24, 2.45) is 0 Å². The molecule has 1 aliphatic heterocycles. The third kappa shape index (κ3) is 5.11. The van der Waals surface area contributed by atoms with E-state index >= 15 is 0 Å². The molecule has 172 valence electrons. The summed E-state index contributed by atoms with van der Waals surface area (Å²) < 4.78 is 13.1. The van der Waals surface area contributed by atoms with Crippen molar-refractivity contribution in [3.63, 3.8) is 0 Å². The van der Waals surface area contributed by atoms with Crippen molar-refractivity contribution in [1.29, 1.82) is 0 Å². The van der Waals surface area contributed by atoms with E-state index in [1.807, 2.05) is 24.4 Å².